The summed E-state index contributed by atoms with van der Waals surface area (Å²) in [7, 11) is 1.55. The molecule has 0 radical (unpaired) electrons. The third kappa shape index (κ3) is 4.57. The van der Waals surface area contributed by atoms with Gasteiger partial charge in [0.1, 0.15) is 17.7 Å². The van der Waals surface area contributed by atoms with Crippen LogP contribution < -0.4 is 4.74 Å². The van der Waals surface area contributed by atoms with Crippen LogP contribution in [0.5, 0.6) is 5.75 Å². The summed E-state index contributed by atoms with van der Waals surface area (Å²) in [5, 5.41) is 0. The molecule has 5 rings (SSSR count). The van der Waals surface area contributed by atoms with E-state index in [2.05, 4.69) is 0 Å². The minimum absolute atomic E-state index is 0.0339. The van der Waals surface area contributed by atoms with Crippen LogP contribution in [0.2, 0.25) is 0 Å². The van der Waals surface area contributed by atoms with Crippen LogP contribution in [0.4, 0.5) is 13.2 Å². The second-order valence-corrected chi connectivity index (χ2v) is 8.39. The third-order valence-corrected chi connectivity index (χ3v) is 6.21. The normalized spacial score (nSPS) is 14.8. The molecule has 2 nitrogen and oxygen atoms in total. The van der Waals surface area contributed by atoms with Crippen LogP contribution in [0, 0.1) is 17.5 Å². The maximum atomic E-state index is 14.9. The maximum Gasteiger partial charge on any atom is 0.167 e. The van der Waals surface area contributed by atoms with Crippen molar-refractivity contribution >= 4 is 0 Å². The lowest BCUT2D eigenvalue weighted by atomic mass is 9.97. The fourth-order valence-electron chi connectivity index (χ4n) is 4.10. The molecule has 34 heavy (non-hydrogen) atoms. The zero-order chi connectivity index (χ0) is 23.7. The Morgan fingerprint density at radius 3 is 1.88 bits per heavy atom. The maximum absolute atomic E-state index is 14.9. The Kier molecular flexibility index (Phi) is 6.12. The molecule has 0 amide bonds. The van der Waals surface area contributed by atoms with Crippen LogP contribution >= 0.6 is 0 Å². The van der Waals surface area contributed by atoms with Crippen molar-refractivity contribution in [3.63, 3.8) is 0 Å². The van der Waals surface area contributed by atoms with E-state index in [1.165, 1.54) is 0 Å². The number of rotatable bonds is 7. The molecule has 1 heterocycles. The topological polar surface area (TPSA) is 21.8 Å². The lowest BCUT2D eigenvalue weighted by Crippen LogP contribution is -1.97. The molecule has 172 valence electrons. The van der Waals surface area contributed by atoms with E-state index in [1.54, 1.807) is 61.7 Å². The van der Waals surface area contributed by atoms with Gasteiger partial charge >= 0.3 is 0 Å². The van der Waals surface area contributed by atoms with Crippen LogP contribution in [0.15, 0.2) is 78.9 Å². The van der Waals surface area contributed by atoms with Gasteiger partial charge in [-0.1, -0.05) is 60.7 Å². The second kappa shape index (κ2) is 9.35. The third-order valence-electron chi connectivity index (χ3n) is 6.21. The Morgan fingerprint density at radius 2 is 1.35 bits per heavy atom. The van der Waals surface area contributed by atoms with Gasteiger partial charge in [0, 0.05) is 11.1 Å². The molecule has 4 aromatic rings. The predicted molar refractivity (Wildman–Crippen MR) is 126 cm³/mol. The number of epoxide rings is 1. The number of halogens is 3. The quantitative estimate of drug-likeness (QED) is 0.270. The van der Waals surface area contributed by atoms with Gasteiger partial charge in [0.15, 0.2) is 11.6 Å². The highest BCUT2D eigenvalue weighted by atomic mass is 19.2. The molecule has 4 aromatic carbocycles. The number of benzene rings is 4. The average molecular weight is 460 g/mol. The molecule has 1 saturated heterocycles. The molecule has 1 aliphatic rings. The van der Waals surface area contributed by atoms with Gasteiger partial charge in [-0.3, -0.25) is 0 Å². The van der Waals surface area contributed by atoms with E-state index < -0.39 is 11.6 Å². The zero-order valence-corrected chi connectivity index (χ0v) is 18.7. The predicted octanol–water partition coefficient (Wildman–Crippen LogP) is 7.30. The molecule has 0 bridgehead atoms. The number of hydrogen-bond acceptors (Lipinski definition) is 2. The van der Waals surface area contributed by atoms with Crippen LogP contribution in [-0.4, -0.2) is 13.7 Å². The lowest BCUT2D eigenvalue weighted by molar-refractivity contribution is 0.414. The van der Waals surface area contributed by atoms with Crippen LogP contribution in [0.1, 0.15) is 22.8 Å². The Balaban J connectivity index is 1.30. The molecule has 0 saturated carbocycles. The Labute approximate surface area is 196 Å². The van der Waals surface area contributed by atoms with Crippen LogP contribution in [-0.2, 0) is 17.6 Å². The number of methoxy groups -OCH3 is 1. The summed E-state index contributed by atoms with van der Waals surface area (Å²) in [6.07, 6.45) is 1.23. The summed E-state index contributed by atoms with van der Waals surface area (Å²) < 4.78 is 54.5. The van der Waals surface area contributed by atoms with Crippen molar-refractivity contribution in [2.45, 2.75) is 18.9 Å². The summed E-state index contributed by atoms with van der Waals surface area (Å²) in [5.74, 6) is -1.35. The smallest absolute Gasteiger partial charge is 0.167 e. The average Bonchev–Trinajstić information content (AvgIpc) is 3.71. The first-order valence-electron chi connectivity index (χ1n) is 11.1. The highest BCUT2D eigenvalue weighted by Gasteiger charge is 2.25. The highest BCUT2D eigenvalue weighted by molar-refractivity contribution is 5.72. The molecule has 0 N–H and O–H groups in total. The Hall–Kier alpha value is -3.57. The van der Waals surface area contributed by atoms with Gasteiger partial charge in [-0.05, 0) is 58.9 Å². The minimum atomic E-state index is -0.887. The summed E-state index contributed by atoms with van der Waals surface area (Å²) in [6, 6.07) is 22.5. The fourth-order valence-corrected chi connectivity index (χ4v) is 4.10. The van der Waals surface area contributed by atoms with E-state index in [0.29, 0.717) is 41.9 Å². The van der Waals surface area contributed by atoms with Crippen LogP contribution in [0.25, 0.3) is 22.3 Å². The van der Waals surface area contributed by atoms with Crippen molar-refractivity contribution in [2.75, 3.05) is 13.7 Å². The second-order valence-electron chi connectivity index (χ2n) is 8.39. The van der Waals surface area contributed by atoms with E-state index in [4.69, 9.17) is 9.47 Å². The fraction of sp³-hybridized carbons (Fsp3) is 0.172. The Morgan fingerprint density at radius 1 is 0.765 bits per heavy atom. The van der Waals surface area contributed by atoms with Gasteiger partial charge in [0.2, 0.25) is 0 Å². The number of ether oxygens (including phenoxy) is 2. The molecule has 1 aliphatic heterocycles. The van der Waals surface area contributed by atoms with Gasteiger partial charge in [0.25, 0.3) is 0 Å². The van der Waals surface area contributed by atoms with E-state index >= 15 is 0 Å². The number of hydrogen-bond donors (Lipinski definition) is 0. The summed E-state index contributed by atoms with van der Waals surface area (Å²) in [5.41, 5.74) is 4.07. The molecule has 0 aromatic heterocycles. The van der Waals surface area contributed by atoms with Gasteiger partial charge < -0.3 is 9.47 Å². The number of aryl methyl sites for hydroxylation is 2. The van der Waals surface area contributed by atoms with E-state index in [9.17, 15) is 13.2 Å². The molecular formula is C29H23F3O2. The van der Waals surface area contributed by atoms with Gasteiger partial charge in [-0.25, -0.2) is 13.2 Å². The Bertz CT molecular complexity index is 1310. The first-order valence-corrected chi connectivity index (χ1v) is 11.1. The van der Waals surface area contributed by atoms with Crippen molar-refractivity contribution in [1.29, 1.82) is 0 Å². The van der Waals surface area contributed by atoms with Crippen molar-refractivity contribution in [3.8, 4) is 28.0 Å². The monoisotopic (exact) mass is 460 g/mol. The van der Waals surface area contributed by atoms with Crippen molar-refractivity contribution in [3.05, 3.63) is 113 Å². The molecule has 1 atom stereocenters. The first kappa shape index (κ1) is 22.2. The first-order chi connectivity index (χ1) is 16.5. The summed E-state index contributed by atoms with van der Waals surface area (Å²) in [4.78, 5) is 0. The minimum Gasteiger partial charge on any atom is -0.497 e. The molecule has 0 spiro atoms. The highest BCUT2D eigenvalue weighted by Crippen LogP contribution is 2.33. The van der Waals surface area contributed by atoms with Crippen molar-refractivity contribution in [1.82, 2.24) is 0 Å². The SMILES string of the molecule is COc1ccc(-c2ccc(-c3ccc(CCc4ccc(C5CO5)cc4F)cc3)c(F)c2F)cc1. The lowest BCUT2D eigenvalue weighted by Gasteiger charge is -2.11. The van der Waals surface area contributed by atoms with E-state index in [0.717, 1.165) is 11.1 Å². The molecule has 1 fully saturated rings. The standard InChI is InChI=1S/C29H23F3O2/c1-33-23-12-10-20(11-13-23)25-15-14-24(28(31)29(25)32)19-5-2-18(3-6-19)4-7-21-8-9-22(16-26(21)30)27-17-34-27/h2-3,5-6,8-16,27H,4,7,17H2,1H3. The van der Waals surface area contributed by atoms with Gasteiger partial charge in [-0.15, -0.1) is 0 Å². The van der Waals surface area contributed by atoms with Crippen molar-refractivity contribution in [2.24, 2.45) is 0 Å². The molecule has 0 aliphatic carbocycles. The van der Waals surface area contributed by atoms with Crippen molar-refractivity contribution < 1.29 is 22.6 Å². The summed E-state index contributed by atoms with van der Waals surface area (Å²) in [6.45, 7) is 0.653. The molecule has 1 unspecified atom stereocenters. The van der Waals surface area contributed by atoms with E-state index in [1.807, 2.05) is 24.3 Å². The van der Waals surface area contributed by atoms with Gasteiger partial charge in [0.05, 0.1) is 13.7 Å². The zero-order valence-electron chi connectivity index (χ0n) is 18.7. The largest absolute Gasteiger partial charge is 0.497 e. The van der Waals surface area contributed by atoms with Crippen LogP contribution in [0.3, 0.4) is 0 Å². The molecular weight excluding hydrogens is 437 g/mol. The summed E-state index contributed by atoms with van der Waals surface area (Å²) >= 11 is 0. The molecule has 5 heteroatoms. The van der Waals surface area contributed by atoms with Gasteiger partial charge in [-0.2, -0.15) is 0 Å². The van der Waals surface area contributed by atoms with E-state index in [-0.39, 0.29) is 23.0 Å².